The Hall–Kier alpha value is -2.03. The van der Waals surface area contributed by atoms with E-state index in [0.29, 0.717) is 5.92 Å². The van der Waals surface area contributed by atoms with Crippen LogP contribution in [0.2, 0.25) is 0 Å². The van der Waals surface area contributed by atoms with Crippen molar-refractivity contribution in [2.45, 2.75) is 12.3 Å². The summed E-state index contributed by atoms with van der Waals surface area (Å²) in [5.74, 6) is 0.302. The van der Waals surface area contributed by atoms with E-state index in [4.69, 9.17) is 5.73 Å². The highest BCUT2D eigenvalue weighted by atomic mass is 19.1. The fourth-order valence-corrected chi connectivity index (χ4v) is 2.75. The summed E-state index contributed by atoms with van der Waals surface area (Å²) in [7, 11) is 0. The van der Waals surface area contributed by atoms with Crippen molar-refractivity contribution in [3.05, 3.63) is 59.9 Å². The van der Waals surface area contributed by atoms with E-state index >= 15 is 0 Å². The zero-order valence-corrected chi connectivity index (χ0v) is 10.7. The standard InChI is InChI=1S/C16H17FN2/c17-14-4-2-6-16(10-14)19-8-7-13(11-19)12-3-1-5-15(18)9-12/h1-6,9-10,13H,7-8,11,18H2. The number of halogens is 1. The van der Waals surface area contributed by atoms with Crippen LogP contribution in [0.5, 0.6) is 0 Å². The van der Waals surface area contributed by atoms with Gasteiger partial charge < -0.3 is 10.6 Å². The highest BCUT2D eigenvalue weighted by Crippen LogP contribution is 2.31. The number of hydrogen-bond donors (Lipinski definition) is 1. The highest BCUT2D eigenvalue weighted by molar-refractivity contribution is 5.49. The lowest BCUT2D eigenvalue weighted by atomic mass is 9.98. The highest BCUT2D eigenvalue weighted by Gasteiger charge is 2.24. The number of nitrogens with two attached hydrogens (primary N) is 1. The van der Waals surface area contributed by atoms with Crippen molar-refractivity contribution < 1.29 is 4.39 Å². The van der Waals surface area contributed by atoms with Crippen LogP contribution in [0.3, 0.4) is 0 Å². The first-order valence-electron chi connectivity index (χ1n) is 6.58. The molecule has 19 heavy (non-hydrogen) atoms. The number of rotatable bonds is 2. The van der Waals surface area contributed by atoms with Crippen molar-refractivity contribution in [1.29, 1.82) is 0 Å². The Kier molecular flexibility index (Phi) is 3.11. The molecule has 0 aliphatic carbocycles. The van der Waals surface area contributed by atoms with Gasteiger partial charge in [0.05, 0.1) is 0 Å². The lowest BCUT2D eigenvalue weighted by Crippen LogP contribution is -2.19. The first-order chi connectivity index (χ1) is 9.22. The minimum atomic E-state index is -0.176. The third-order valence-electron chi connectivity index (χ3n) is 3.74. The van der Waals surface area contributed by atoms with Gasteiger partial charge in [0, 0.05) is 30.4 Å². The summed E-state index contributed by atoms with van der Waals surface area (Å²) in [5, 5.41) is 0. The van der Waals surface area contributed by atoms with E-state index in [0.717, 1.165) is 30.9 Å². The minimum Gasteiger partial charge on any atom is -0.399 e. The Morgan fingerprint density at radius 2 is 1.95 bits per heavy atom. The molecule has 1 heterocycles. The Labute approximate surface area is 112 Å². The van der Waals surface area contributed by atoms with Gasteiger partial charge in [-0.15, -0.1) is 0 Å². The molecule has 1 unspecified atom stereocenters. The maximum absolute atomic E-state index is 13.3. The molecule has 2 N–H and O–H groups in total. The van der Waals surface area contributed by atoms with Gasteiger partial charge >= 0.3 is 0 Å². The molecule has 98 valence electrons. The van der Waals surface area contributed by atoms with Crippen LogP contribution < -0.4 is 10.6 Å². The normalized spacial score (nSPS) is 18.8. The van der Waals surface area contributed by atoms with Crippen molar-refractivity contribution in [3.8, 4) is 0 Å². The van der Waals surface area contributed by atoms with Crippen molar-refractivity contribution in [3.63, 3.8) is 0 Å². The average Bonchev–Trinajstić information content (AvgIpc) is 2.88. The third kappa shape index (κ3) is 2.55. The van der Waals surface area contributed by atoms with Gasteiger partial charge in [0.2, 0.25) is 0 Å². The maximum atomic E-state index is 13.3. The molecule has 2 aromatic rings. The van der Waals surface area contributed by atoms with Gasteiger partial charge in [0.25, 0.3) is 0 Å². The van der Waals surface area contributed by atoms with E-state index < -0.39 is 0 Å². The fourth-order valence-electron chi connectivity index (χ4n) is 2.75. The molecule has 0 bridgehead atoms. The summed E-state index contributed by atoms with van der Waals surface area (Å²) in [6, 6.07) is 14.9. The third-order valence-corrected chi connectivity index (χ3v) is 3.74. The molecule has 2 nitrogen and oxygen atoms in total. The van der Waals surface area contributed by atoms with Crippen LogP contribution in [0.15, 0.2) is 48.5 Å². The zero-order chi connectivity index (χ0) is 13.2. The summed E-state index contributed by atoms with van der Waals surface area (Å²) in [4.78, 5) is 2.23. The predicted molar refractivity (Wildman–Crippen MR) is 76.8 cm³/mol. The van der Waals surface area contributed by atoms with Gasteiger partial charge in [-0.2, -0.15) is 0 Å². The summed E-state index contributed by atoms with van der Waals surface area (Å²) < 4.78 is 13.3. The van der Waals surface area contributed by atoms with E-state index in [1.165, 1.54) is 11.6 Å². The summed E-state index contributed by atoms with van der Waals surface area (Å²) in [6.45, 7) is 1.88. The van der Waals surface area contributed by atoms with Crippen LogP contribution >= 0.6 is 0 Å². The van der Waals surface area contributed by atoms with E-state index in [9.17, 15) is 4.39 Å². The molecule has 1 saturated heterocycles. The topological polar surface area (TPSA) is 29.3 Å². The number of nitrogens with zero attached hydrogens (tertiary/aromatic N) is 1. The lowest BCUT2D eigenvalue weighted by molar-refractivity contribution is 0.627. The molecule has 1 fully saturated rings. The molecule has 2 aromatic carbocycles. The van der Waals surface area contributed by atoms with Gasteiger partial charge in [-0.3, -0.25) is 0 Å². The number of hydrogen-bond acceptors (Lipinski definition) is 2. The first-order valence-corrected chi connectivity index (χ1v) is 6.58. The average molecular weight is 256 g/mol. The second-order valence-corrected chi connectivity index (χ2v) is 5.08. The molecule has 1 atom stereocenters. The monoisotopic (exact) mass is 256 g/mol. The Morgan fingerprint density at radius 1 is 1.11 bits per heavy atom. The molecule has 1 aliphatic rings. The van der Waals surface area contributed by atoms with Gasteiger partial charge in [0.15, 0.2) is 0 Å². The Balaban J connectivity index is 1.77. The van der Waals surface area contributed by atoms with Crippen LogP contribution in [0.4, 0.5) is 15.8 Å². The van der Waals surface area contributed by atoms with Crippen LogP contribution in [0.1, 0.15) is 17.9 Å². The molecule has 1 aliphatic heterocycles. The molecule has 0 saturated carbocycles. The minimum absolute atomic E-state index is 0.176. The summed E-state index contributed by atoms with van der Waals surface area (Å²) in [6.07, 6.45) is 1.08. The predicted octanol–water partition coefficient (Wildman–Crippen LogP) is 3.40. The second kappa shape index (κ2) is 4.92. The lowest BCUT2D eigenvalue weighted by Gasteiger charge is -2.19. The quantitative estimate of drug-likeness (QED) is 0.834. The van der Waals surface area contributed by atoms with Crippen LogP contribution in [0.25, 0.3) is 0 Å². The molecule has 0 aromatic heterocycles. The molecule has 0 spiro atoms. The van der Waals surface area contributed by atoms with Gasteiger partial charge in [-0.05, 0) is 42.3 Å². The largest absolute Gasteiger partial charge is 0.399 e. The fraction of sp³-hybridized carbons (Fsp3) is 0.250. The van der Waals surface area contributed by atoms with Crippen molar-refractivity contribution in [2.75, 3.05) is 23.7 Å². The molecule has 0 radical (unpaired) electrons. The van der Waals surface area contributed by atoms with E-state index in [1.54, 1.807) is 12.1 Å². The van der Waals surface area contributed by atoms with Crippen LogP contribution in [0, 0.1) is 5.82 Å². The summed E-state index contributed by atoms with van der Waals surface area (Å²) >= 11 is 0. The molecule has 3 heteroatoms. The number of benzene rings is 2. The van der Waals surface area contributed by atoms with Gasteiger partial charge in [-0.1, -0.05) is 18.2 Å². The number of nitrogen functional groups attached to an aromatic ring is 1. The second-order valence-electron chi connectivity index (χ2n) is 5.08. The number of anilines is 2. The molecule has 0 amide bonds. The van der Waals surface area contributed by atoms with Crippen LogP contribution in [-0.2, 0) is 0 Å². The van der Waals surface area contributed by atoms with E-state index in [-0.39, 0.29) is 5.82 Å². The maximum Gasteiger partial charge on any atom is 0.125 e. The zero-order valence-electron chi connectivity index (χ0n) is 10.7. The van der Waals surface area contributed by atoms with E-state index in [1.807, 2.05) is 24.3 Å². The van der Waals surface area contributed by atoms with Gasteiger partial charge in [0.1, 0.15) is 5.82 Å². The SMILES string of the molecule is Nc1cccc(C2CCN(c3cccc(F)c3)C2)c1. The van der Waals surface area contributed by atoms with E-state index in [2.05, 4.69) is 11.0 Å². The first kappa shape index (κ1) is 12.0. The molecular formula is C16H17FN2. The summed E-state index contributed by atoms with van der Waals surface area (Å²) in [5.41, 5.74) is 8.88. The van der Waals surface area contributed by atoms with Crippen molar-refractivity contribution in [1.82, 2.24) is 0 Å². The van der Waals surface area contributed by atoms with Gasteiger partial charge in [-0.25, -0.2) is 4.39 Å². The van der Waals surface area contributed by atoms with Crippen LogP contribution in [-0.4, -0.2) is 13.1 Å². The van der Waals surface area contributed by atoms with Crippen molar-refractivity contribution in [2.24, 2.45) is 0 Å². The molecule has 3 rings (SSSR count). The molecular weight excluding hydrogens is 239 g/mol. The Morgan fingerprint density at radius 3 is 2.74 bits per heavy atom. The Bertz CT molecular complexity index is 531. The smallest absolute Gasteiger partial charge is 0.125 e. The van der Waals surface area contributed by atoms with Crippen molar-refractivity contribution >= 4 is 11.4 Å².